The molecule has 0 saturated carbocycles. The lowest BCUT2D eigenvalue weighted by Gasteiger charge is -2.28. The Morgan fingerprint density at radius 2 is 1.89 bits per heavy atom. The topological polar surface area (TPSA) is 103 Å². The third kappa shape index (κ3) is 5.51. The summed E-state index contributed by atoms with van der Waals surface area (Å²) < 4.78 is 5.41. The number of aliphatic hydroxyl groups excluding tert-OH is 1. The molecule has 5 rings (SSSR count). The van der Waals surface area contributed by atoms with Gasteiger partial charge in [0.1, 0.15) is 5.82 Å². The fourth-order valence-corrected chi connectivity index (χ4v) is 4.21. The smallest absolute Gasteiger partial charge is 0.255 e. The summed E-state index contributed by atoms with van der Waals surface area (Å²) in [5, 5.41) is 15.1. The van der Waals surface area contributed by atoms with Crippen LogP contribution in [0.4, 0.5) is 11.4 Å². The summed E-state index contributed by atoms with van der Waals surface area (Å²) in [6.45, 7) is 4.54. The Bertz CT molecular complexity index is 1300. The van der Waals surface area contributed by atoms with E-state index < -0.39 is 0 Å². The standard InChI is InChI=1S/C27H29N5O3/c33-13-10-28-18-19-2-1-3-21(16-19)26-30-24-9-6-22(17-25(24)31-26)29-27(34)20-4-7-23(8-5-20)32-11-14-35-15-12-32/h1-9,16-17,28,33H,10-15,18H2,(H,29,34)(H,30,31). The number of anilines is 2. The van der Waals surface area contributed by atoms with Crippen LogP contribution in [0.2, 0.25) is 0 Å². The molecule has 4 N–H and O–H groups in total. The van der Waals surface area contributed by atoms with Gasteiger partial charge in [0.2, 0.25) is 0 Å². The van der Waals surface area contributed by atoms with Gasteiger partial charge < -0.3 is 30.4 Å². The number of rotatable bonds is 8. The molecule has 8 heteroatoms. The molecule has 0 radical (unpaired) electrons. The summed E-state index contributed by atoms with van der Waals surface area (Å²) >= 11 is 0. The summed E-state index contributed by atoms with van der Waals surface area (Å²) in [7, 11) is 0. The van der Waals surface area contributed by atoms with Crippen molar-refractivity contribution in [3.8, 4) is 11.4 Å². The van der Waals surface area contributed by atoms with Gasteiger partial charge in [0.05, 0.1) is 30.9 Å². The van der Waals surface area contributed by atoms with E-state index in [-0.39, 0.29) is 12.5 Å². The average Bonchev–Trinajstić information content (AvgIpc) is 3.33. The van der Waals surface area contributed by atoms with Crippen LogP contribution in [0.5, 0.6) is 0 Å². The highest BCUT2D eigenvalue weighted by Crippen LogP contribution is 2.24. The lowest BCUT2D eigenvalue weighted by atomic mass is 10.1. The number of nitrogens with zero attached hydrogens (tertiary/aromatic N) is 2. The van der Waals surface area contributed by atoms with Gasteiger partial charge in [-0.05, 0) is 54.1 Å². The van der Waals surface area contributed by atoms with E-state index in [0.29, 0.717) is 24.3 Å². The number of ether oxygens (including phenoxy) is 1. The van der Waals surface area contributed by atoms with Crippen molar-refractivity contribution in [3.05, 3.63) is 77.9 Å². The van der Waals surface area contributed by atoms with Gasteiger partial charge >= 0.3 is 0 Å². The third-order valence-electron chi connectivity index (χ3n) is 6.06. The Morgan fingerprint density at radius 3 is 2.69 bits per heavy atom. The molecule has 35 heavy (non-hydrogen) atoms. The first-order valence-electron chi connectivity index (χ1n) is 11.8. The van der Waals surface area contributed by atoms with Crippen molar-refractivity contribution in [3.63, 3.8) is 0 Å². The van der Waals surface area contributed by atoms with Crippen LogP contribution < -0.4 is 15.5 Å². The van der Waals surface area contributed by atoms with Gasteiger partial charge in [-0.2, -0.15) is 0 Å². The maximum atomic E-state index is 12.8. The largest absolute Gasteiger partial charge is 0.395 e. The van der Waals surface area contributed by atoms with Gasteiger partial charge in [-0.3, -0.25) is 4.79 Å². The van der Waals surface area contributed by atoms with E-state index in [4.69, 9.17) is 14.8 Å². The van der Waals surface area contributed by atoms with Crippen LogP contribution in [0.25, 0.3) is 22.4 Å². The minimum Gasteiger partial charge on any atom is -0.395 e. The van der Waals surface area contributed by atoms with Crippen molar-refractivity contribution in [2.45, 2.75) is 6.54 Å². The molecule has 0 aliphatic carbocycles. The number of fused-ring (bicyclic) bond motifs is 1. The molecule has 1 aromatic heterocycles. The first kappa shape index (κ1) is 23.0. The molecule has 1 fully saturated rings. The summed E-state index contributed by atoms with van der Waals surface area (Å²) in [4.78, 5) is 23.2. The number of hydrogen-bond acceptors (Lipinski definition) is 6. The molecule has 1 amide bonds. The molecule has 3 aromatic carbocycles. The molecule has 0 spiro atoms. The summed E-state index contributed by atoms with van der Waals surface area (Å²) in [6, 6.07) is 21.5. The SMILES string of the molecule is O=C(Nc1ccc2nc(-c3cccc(CNCCO)c3)[nH]c2c1)c1ccc(N2CCOCC2)cc1. The second-order valence-corrected chi connectivity index (χ2v) is 8.52. The van der Waals surface area contributed by atoms with Gasteiger partial charge in [-0.1, -0.05) is 18.2 Å². The van der Waals surface area contributed by atoms with E-state index >= 15 is 0 Å². The normalized spacial score (nSPS) is 13.8. The maximum Gasteiger partial charge on any atom is 0.255 e. The Kier molecular flexibility index (Phi) is 7.04. The minimum atomic E-state index is -0.152. The van der Waals surface area contributed by atoms with Crippen molar-refractivity contribution in [2.75, 3.05) is 49.7 Å². The summed E-state index contributed by atoms with van der Waals surface area (Å²) in [5.41, 5.74) is 6.20. The summed E-state index contributed by atoms with van der Waals surface area (Å²) in [5.74, 6) is 0.617. The van der Waals surface area contributed by atoms with Crippen LogP contribution in [0, 0.1) is 0 Å². The predicted molar refractivity (Wildman–Crippen MR) is 138 cm³/mol. The van der Waals surface area contributed by atoms with E-state index in [0.717, 1.165) is 60.0 Å². The van der Waals surface area contributed by atoms with E-state index in [1.54, 1.807) is 0 Å². The zero-order chi connectivity index (χ0) is 24.0. The predicted octanol–water partition coefficient (Wildman–Crippen LogP) is 3.40. The second-order valence-electron chi connectivity index (χ2n) is 8.52. The number of carbonyl (C=O) groups is 1. The quantitative estimate of drug-likeness (QED) is 0.294. The highest BCUT2D eigenvalue weighted by atomic mass is 16.5. The van der Waals surface area contributed by atoms with Crippen LogP contribution in [-0.4, -0.2) is 60.4 Å². The number of aromatic amines is 1. The molecule has 1 saturated heterocycles. The fourth-order valence-electron chi connectivity index (χ4n) is 4.21. The summed E-state index contributed by atoms with van der Waals surface area (Å²) in [6.07, 6.45) is 0. The second kappa shape index (κ2) is 10.7. The van der Waals surface area contributed by atoms with Crippen LogP contribution in [-0.2, 0) is 11.3 Å². The van der Waals surface area contributed by atoms with Crippen molar-refractivity contribution in [2.24, 2.45) is 0 Å². The molecule has 180 valence electrons. The Hall–Kier alpha value is -3.72. The Morgan fingerprint density at radius 1 is 1.06 bits per heavy atom. The first-order chi connectivity index (χ1) is 17.2. The zero-order valence-electron chi connectivity index (χ0n) is 19.5. The molecule has 0 bridgehead atoms. The lowest BCUT2D eigenvalue weighted by Crippen LogP contribution is -2.36. The number of nitrogens with one attached hydrogen (secondary N) is 3. The molecule has 2 heterocycles. The number of aliphatic hydroxyl groups is 1. The van der Waals surface area contributed by atoms with E-state index in [2.05, 4.69) is 26.6 Å². The number of amides is 1. The molecule has 0 unspecified atom stereocenters. The fraction of sp³-hybridized carbons (Fsp3) is 0.259. The van der Waals surface area contributed by atoms with Gasteiger partial charge in [0.25, 0.3) is 5.91 Å². The average molecular weight is 472 g/mol. The number of aromatic nitrogens is 2. The minimum absolute atomic E-state index is 0.113. The van der Waals surface area contributed by atoms with Crippen LogP contribution in [0.3, 0.4) is 0 Å². The number of imidazole rings is 1. The molecular weight excluding hydrogens is 442 g/mol. The van der Waals surface area contributed by atoms with Crippen LogP contribution in [0.1, 0.15) is 15.9 Å². The Labute approximate surface area is 203 Å². The number of carbonyl (C=O) groups excluding carboxylic acids is 1. The maximum absolute atomic E-state index is 12.8. The number of benzene rings is 3. The van der Waals surface area contributed by atoms with E-state index in [1.807, 2.05) is 60.7 Å². The number of hydrogen-bond donors (Lipinski definition) is 4. The highest BCUT2D eigenvalue weighted by molar-refractivity contribution is 6.05. The number of morpholine rings is 1. The van der Waals surface area contributed by atoms with Gasteiger partial charge in [-0.25, -0.2) is 4.98 Å². The molecule has 0 atom stereocenters. The van der Waals surface area contributed by atoms with Gasteiger partial charge in [0.15, 0.2) is 0 Å². The van der Waals surface area contributed by atoms with E-state index in [9.17, 15) is 4.79 Å². The molecular formula is C27H29N5O3. The van der Waals surface area contributed by atoms with Crippen molar-refractivity contribution >= 4 is 28.3 Å². The van der Waals surface area contributed by atoms with Crippen LogP contribution in [0.15, 0.2) is 66.7 Å². The molecule has 4 aromatic rings. The third-order valence-corrected chi connectivity index (χ3v) is 6.06. The van der Waals surface area contributed by atoms with E-state index in [1.165, 1.54) is 0 Å². The van der Waals surface area contributed by atoms with Gasteiger partial charge in [-0.15, -0.1) is 0 Å². The molecule has 8 nitrogen and oxygen atoms in total. The first-order valence-corrected chi connectivity index (χ1v) is 11.8. The van der Waals surface area contributed by atoms with Crippen molar-refractivity contribution in [1.82, 2.24) is 15.3 Å². The monoisotopic (exact) mass is 471 g/mol. The Balaban J connectivity index is 1.28. The lowest BCUT2D eigenvalue weighted by molar-refractivity contribution is 0.102. The zero-order valence-corrected chi connectivity index (χ0v) is 19.5. The van der Waals surface area contributed by atoms with Gasteiger partial charge in [0, 0.05) is 48.7 Å². The molecule has 1 aliphatic rings. The van der Waals surface area contributed by atoms with Crippen molar-refractivity contribution < 1.29 is 14.6 Å². The van der Waals surface area contributed by atoms with Crippen LogP contribution >= 0.6 is 0 Å². The highest BCUT2D eigenvalue weighted by Gasteiger charge is 2.13. The van der Waals surface area contributed by atoms with Crippen molar-refractivity contribution in [1.29, 1.82) is 0 Å². The molecule has 1 aliphatic heterocycles. The number of H-pyrrole nitrogens is 1.